The topological polar surface area (TPSA) is 96.5 Å². The van der Waals surface area contributed by atoms with Crippen molar-refractivity contribution in [3.63, 3.8) is 0 Å². The molecule has 1 saturated heterocycles. The van der Waals surface area contributed by atoms with Crippen molar-refractivity contribution >= 4 is 23.4 Å². The second-order valence-corrected chi connectivity index (χ2v) is 7.44. The summed E-state index contributed by atoms with van der Waals surface area (Å²) >= 11 is 0. The maximum Gasteiger partial charge on any atom is 0.262 e. The number of carbonyl (C=O) groups is 3. The zero-order valence-corrected chi connectivity index (χ0v) is 17.3. The molecule has 0 bridgehead atoms. The molecule has 3 N–H and O–H groups in total. The summed E-state index contributed by atoms with van der Waals surface area (Å²) in [5.41, 5.74) is 2.69. The Balaban J connectivity index is 1.62. The van der Waals surface area contributed by atoms with Crippen LogP contribution in [-0.2, 0) is 9.59 Å². The van der Waals surface area contributed by atoms with Crippen molar-refractivity contribution in [2.45, 2.75) is 39.2 Å². The Bertz CT molecular complexity index is 942. The maximum atomic E-state index is 12.6. The first-order valence-electron chi connectivity index (χ1n) is 10.1. The van der Waals surface area contributed by atoms with E-state index in [2.05, 4.69) is 16.0 Å². The lowest BCUT2D eigenvalue weighted by Crippen LogP contribution is -2.45. The van der Waals surface area contributed by atoms with Gasteiger partial charge in [-0.1, -0.05) is 24.3 Å². The molecule has 158 valence electrons. The molecule has 1 atom stereocenters. The Morgan fingerprint density at radius 3 is 2.70 bits per heavy atom. The average molecular weight is 409 g/mol. The first kappa shape index (κ1) is 21.4. The van der Waals surface area contributed by atoms with Gasteiger partial charge in [0, 0.05) is 17.8 Å². The number of carbonyl (C=O) groups excluding carboxylic acids is 3. The first-order valence-corrected chi connectivity index (χ1v) is 10.1. The number of nitrogens with one attached hydrogen (secondary N) is 3. The molecule has 1 aliphatic rings. The molecule has 3 rings (SSSR count). The minimum Gasteiger partial charge on any atom is -0.483 e. The van der Waals surface area contributed by atoms with Gasteiger partial charge in [0.1, 0.15) is 11.8 Å². The minimum absolute atomic E-state index is 0.136. The van der Waals surface area contributed by atoms with Gasteiger partial charge in [-0.15, -0.1) is 0 Å². The quantitative estimate of drug-likeness (QED) is 0.683. The Morgan fingerprint density at radius 2 is 1.90 bits per heavy atom. The summed E-state index contributed by atoms with van der Waals surface area (Å²) in [6.45, 7) is 4.26. The van der Waals surface area contributed by atoms with Crippen molar-refractivity contribution in [2.24, 2.45) is 0 Å². The molecule has 0 aromatic heterocycles. The van der Waals surface area contributed by atoms with Crippen LogP contribution in [0.2, 0.25) is 0 Å². The summed E-state index contributed by atoms with van der Waals surface area (Å²) in [7, 11) is 0. The van der Waals surface area contributed by atoms with E-state index < -0.39 is 6.04 Å². The second-order valence-electron chi connectivity index (χ2n) is 7.44. The molecule has 0 spiro atoms. The molecule has 1 fully saturated rings. The van der Waals surface area contributed by atoms with Crippen molar-refractivity contribution in [3.05, 3.63) is 59.2 Å². The van der Waals surface area contributed by atoms with Crippen LogP contribution in [0.1, 0.15) is 40.7 Å². The van der Waals surface area contributed by atoms with Crippen LogP contribution in [0.25, 0.3) is 0 Å². The normalized spacial score (nSPS) is 16.2. The number of para-hydroxylation sites is 1. The SMILES string of the molecule is Cc1ccc(C(=O)N[C@H]2CCCCNC2=O)cc1NC(=O)COc1ccccc1C. The lowest BCUT2D eigenvalue weighted by Gasteiger charge is -2.16. The lowest BCUT2D eigenvalue weighted by atomic mass is 10.1. The molecule has 3 amide bonds. The number of amides is 3. The smallest absolute Gasteiger partial charge is 0.262 e. The fourth-order valence-corrected chi connectivity index (χ4v) is 3.26. The van der Waals surface area contributed by atoms with Crippen molar-refractivity contribution < 1.29 is 19.1 Å². The Hall–Kier alpha value is -3.35. The fraction of sp³-hybridized carbons (Fsp3) is 0.348. The third-order valence-corrected chi connectivity index (χ3v) is 5.07. The Morgan fingerprint density at radius 1 is 1.10 bits per heavy atom. The van der Waals surface area contributed by atoms with E-state index >= 15 is 0 Å². The molecule has 1 aliphatic heterocycles. The number of hydrogen-bond acceptors (Lipinski definition) is 4. The molecule has 0 unspecified atom stereocenters. The number of benzene rings is 2. The summed E-state index contributed by atoms with van der Waals surface area (Å²) in [6, 6.07) is 12.0. The van der Waals surface area contributed by atoms with Crippen molar-refractivity contribution in [2.75, 3.05) is 18.5 Å². The molecule has 0 radical (unpaired) electrons. The number of hydrogen-bond donors (Lipinski definition) is 3. The molecular formula is C23H27N3O4. The predicted molar refractivity (Wildman–Crippen MR) is 115 cm³/mol. The monoisotopic (exact) mass is 409 g/mol. The van der Waals surface area contributed by atoms with Crippen molar-refractivity contribution in [3.8, 4) is 5.75 Å². The average Bonchev–Trinajstić information content (AvgIpc) is 2.93. The van der Waals surface area contributed by atoms with Gasteiger partial charge in [-0.05, 0) is 62.4 Å². The zero-order chi connectivity index (χ0) is 21.5. The van der Waals surface area contributed by atoms with Gasteiger partial charge >= 0.3 is 0 Å². The van der Waals surface area contributed by atoms with Crippen LogP contribution in [0, 0.1) is 13.8 Å². The van der Waals surface area contributed by atoms with E-state index in [-0.39, 0.29) is 24.3 Å². The minimum atomic E-state index is -0.540. The van der Waals surface area contributed by atoms with Gasteiger partial charge in [0.2, 0.25) is 5.91 Å². The van der Waals surface area contributed by atoms with Gasteiger partial charge < -0.3 is 20.7 Å². The van der Waals surface area contributed by atoms with Crippen LogP contribution < -0.4 is 20.7 Å². The molecule has 30 heavy (non-hydrogen) atoms. The third kappa shape index (κ3) is 5.59. The van der Waals surface area contributed by atoms with Gasteiger partial charge in [-0.25, -0.2) is 0 Å². The Kier molecular flexibility index (Phi) is 7.06. The fourth-order valence-electron chi connectivity index (χ4n) is 3.26. The van der Waals surface area contributed by atoms with Gasteiger partial charge in [0.25, 0.3) is 11.8 Å². The standard InChI is InChI=1S/C23H27N3O4/c1-15-10-11-17(22(28)26-18-8-5-6-12-24-23(18)29)13-19(15)25-21(27)14-30-20-9-4-3-7-16(20)2/h3-4,7,9-11,13,18H,5-6,8,12,14H2,1-2H3,(H,24,29)(H,25,27)(H,26,28)/t18-/m0/s1. The van der Waals surface area contributed by atoms with Crippen molar-refractivity contribution in [1.29, 1.82) is 0 Å². The number of ether oxygens (including phenoxy) is 1. The van der Waals surface area contributed by atoms with Crippen LogP contribution >= 0.6 is 0 Å². The summed E-state index contributed by atoms with van der Waals surface area (Å²) in [5.74, 6) is -0.167. The largest absolute Gasteiger partial charge is 0.483 e. The van der Waals surface area contributed by atoms with Crippen molar-refractivity contribution in [1.82, 2.24) is 10.6 Å². The number of anilines is 1. The summed E-state index contributed by atoms with van der Waals surface area (Å²) < 4.78 is 5.58. The molecule has 7 nitrogen and oxygen atoms in total. The highest BCUT2D eigenvalue weighted by Crippen LogP contribution is 2.19. The second kappa shape index (κ2) is 9.91. The van der Waals surface area contributed by atoms with Crippen LogP contribution in [0.3, 0.4) is 0 Å². The Labute approximate surface area is 176 Å². The van der Waals surface area contributed by atoms with Crippen LogP contribution in [-0.4, -0.2) is 36.9 Å². The zero-order valence-electron chi connectivity index (χ0n) is 17.3. The van der Waals surface area contributed by atoms with Crippen LogP contribution in [0.4, 0.5) is 5.69 Å². The van der Waals surface area contributed by atoms with Gasteiger partial charge in [0.05, 0.1) is 0 Å². The van der Waals surface area contributed by atoms with E-state index in [0.717, 1.165) is 24.0 Å². The molecule has 0 saturated carbocycles. The highest BCUT2D eigenvalue weighted by atomic mass is 16.5. The molecule has 2 aromatic carbocycles. The molecule has 7 heteroatoms. The maximum absolute atomic E-state index is 12.6. The van der Waals surface area contributed by atoms with E-state index in [1.807, 2.05) is 38.1 Å². The molecular weight excluding hydrogens is 382 g/mol. The van der Waals surface area contributed by atoms with E-state index in [9.17, 15) is 14.4 Å². The summed E-state index contributed by atoms with van der Waals surface area (Å²) in [6.07, 6.45) is 2.40. The highest BCUT2D eigenvalue weighted by Gasteiger charge is 2.23. The lowest BCUT2D eigenvalue weighted by molar-refractivity contribution is -0.122. The summed E-state index contributed by atoms with van der Waals surface area (Å²) in [4.78, 5) is 37.0. The van der Waals surface area contributed by atoms with Crippen LogP contribution in [0.15, 0.2) is 42.5 Å². The van der Waals surface area contributed by atoms with E-state index in [1.54, 1.807) is 18.2 Å². The molecule has 0 aliphatic carbocycles. The van der Waals surface area contributed by atoms with E-state index in [4.69, 9.17) is 4.74 Å². The van der Waals surface area contributed by atoms with Gasteiger partial charge in [-0.3, -0.25) is 14.4 Å². The molecule has 1 heterocycles. The van der Waals surface area contributed by atoms with Gasteiger partial charge in [0.15, 0.2) is 6.61 Å². The number of rotatable bonds is 6. The van der Waals surface area contributed by atoms with Crippen LogP contribution in [0.5, 0.6) is 5.75 Å². The van der Waals surface area contributed by atoms with Gasteiger partial charge in [-0.2, -0.15) is 0 Å². The highest BCUT2D eigenvalue weighted by molar-refractivity contribution is 6.00. The molecule has 2 aromatic rings. The predicted octanol–water partition coefficient (Wildman–Crippen LogP) is 2.72. The van der Waals surface area contributed by atoms with E-state index in [1.165, 1.54) is 0 Å². The van der Waals surface area contributed by atoms with E-state index in [0.29, 0.717) is 30.0 Å². The summed E-state index contributed by atoms with van der Waals surface area (Å²) in [5, 5.41) is 8.39. The number of aryl methyl sites for hydroxylation is 2. The first-order chi connectivity index (χ1) is 14.4. The third-order valence-electron chi connectivity index (χ3n) is 5.07.